The largest absolute Gasteiger partial charge is 0.485 e. The highest BCUT2D eigenvalue weighted by atomic mass is 16.5. The first-order valence-corrected chi connectivity index (χ1v) is 7.88. The molecule has 3 aromatic rings. The molecule has 0 fully saturated rings. The summed E-state index contributed by atoms with van der Waals surface area (Å²) in [5.41, 5.74) is 0.797. The summed E-state index contributed by atoms with van der Waals surface area (Å²) >= 11 is 0. The maximum atomic E-state index is 11.7. The third kappa shape index (κ3) is 4.06. The van der Waals surface area contributed by atoms with Gasteiger partial charge in [-0.05, 0) is 31.5 Å². The fourth-order valence-corrected chi connectivity index (χ4v) is 2.26. The van der Waals surface area contributed by atoms with Gasteiger partial charge in [-0.1, -0.05) is 5.16 Å². The van der Waals surface area contributed by atoms with Crippen LogP contribution in [0.1, 0.15) is 29.0 Å². The zero-order valence-corrected chi connectivity index (χ0v) is 14.2. The van der Waals surface area contributed by atoms with Crippen LogP contribution in [0.3, 0.4) is 0 Å². The van der Waals surface area contributed by atoms with Crippen molar-refractivity contribution in [1.29, 1.82) is 0 Å². The molecule has 0 radical (unpaired) electrons. The van der Waals surface area contributed by atoms with Gasteiger partial charge in [0, 0.05) is 24.1 Å². The first-order chi connectivity index (χ1) is 12.4. The topological polar surface area (TPSA) is 128 Å². The standard InChI is InChI=1S/C17H17N3O6/c1-9-5-15(22)25-13-6-11(3-4-12(9)13)24-8-14-19-17(26-20-14)16(23)18-7-10(2)21/h3-6,10,21H,7-8H2,1-2H3,(H,18,23)/t10-/m1/s1. The quantitative estimate of drug-likeness (QED) is 0.628. The van der Waals surface area contributed by atoms with Crippen molar-refractivity contribution in [2.24, 2.45) is 0 Å². The molecular formula is C17H17N3O6. The van der Waals surface area contributed by atoms with E-state index in [9.17, 15) is 9.59 Å². The van der Waals surface area contributed by atoms with E-state index in [4.69, 9.17) is 18.8 Å². The van der Waals surface area contributed by atoms with Gasteiger partial charge in [-0.3, -0.25) is 4.79 Å². The molecule has 0 unspecified atom stereocenters. The number of carbonyl (C=O) groups excluding carboxylic acids is 1. The van der Waals surface area contributed by atoms with Crippen LogP contribution >= 0.6 is 0 Å². The molecule has 9 nitrogen and oxygen atoms in total. The number of hydrogen-bond donors (Lipinski definition) is 2. The average molecular weight is 359 g/mol. The summed E-state index contributed by atoms with van der Waals surface area (Å²) in [4.78, 5) is 27.1. The Labute approximate surface area is 147 Å². The molecule has 26 heavy (non-hydrogen) atoms. The SMILES string of the molecule is Cc1cc(=O)oc2cc(OCc3noc(C(=O)NC[C@@H](C)O)n3)ccc12. The number of aliphatic hydroxyl groups excluding tert-OH is 1. The summed E-state index contributed by atoms with van der Waals surface area (Å²) in [6.45, 7) is 3.41. The maximum absolute atomic E-state index is 11.7. The summed E-state index contributed by atoms with van der Waals surface area (Å²) in [6, 6.07) is 6.53. The maximum Gasteiger partial charge on any atom is 0.336 e. The minimum Gasteiger partial charge on any atom is -0.485 e. The average Bonchev–Trinajstić information content (AvgIpc) is 3.06. The third-order valence-electron chi connectivity index (χ3n) is 3.51. The van der Waals surface area contributed by atoms with Gasteiger partial charge in [-0.25, -0.2) is 4.79 Å². The normalized spacial score (nSPS) is 12.1. The number of fused-ring (bicyclic) bond motifs is 1. The van der Waals surface area contributed by atoms with Gasteiger partial charge in [0.05, 0.1) is 6.10 Å². The number of amides is 1. The van der Waals surface area contributed by atoms with Crippen molar-refractivity contribution < 1.29 is 23.6 Å². The molecule has 0 aliphatic carbocycles. The number of nitrogens with one attached hydrogen (secondary N) is 1. The van der Waals surface area contributed by atoms with Gasteiger partial charge in [0.15, 0.2) is 6.61 Å². The second-order valence-electron chi connectivity index (χ2n) is 5.77. The van der Waals surface area contributed by atoms with E-state index in [1.54, 1.807) is 25.1 Å². The molecule has 1 atom stereocenters. The minimum absolute atomic E-state index is 0.0330. The van der Waals surface area contributed by atoms with Crippen molar-refractivity contribution in [3.05, 3.63) is 52.0 Å². The summed E-state index contributed by atoms with van der Waals surface area (Å²) in [5, 5.41) is 16.1. The lowest BCUT2D eigenvalue weighted by atomic mass is 10.1. The number of aromatic nitrogens is 2. The summed E-state index contributed by atoms with van der Waals surface area (Å²) in [7, 11) is 0. The number of rotatable bonds is 6. The highest BCUT2D eigenvalue weighted by molar-refractivity contribution is 5.89. The number of aryl methyl sites for hydroxylation is 1. The van der Waals surface area contributed by atoms with Crippen LogP contribution in [0.25, 0.3) is 11.0 Å². The molecular weight excluding hydrogens is 342 g/mol. The first kappa shape index (κ1) is 17.6. The van der Waals surface area contributed by atoms with Crippen LogP contribution in [0.15, 0.2) is 38.0 Å². The lowest BCUT2D eigenvalue weighted by Crippen LogP contribution is -2.30. The van der Waals surface area contributed by atoms with E-state index in [-0.39, 0.29) is 24.9 Å². The molecule has 9 heteroatoms. The Hall–Kier alpha value is -3.20. The molecule has 0 spiro atoms. The third-order valence-corrected chi connectivity index (χ3v) is 3.51. The fraction of sp³-hybridized carbons (Fsp3) is 0.294. The second-order valence-corrected chi connectivity index (χ2v) is 5.77. The lowest BCUT2D eigenvalue weighted by Gasteiger charge is -2.05. The monoisotopic (exact) mass is 359 g/mol. The van der Waals surface area contributed by atoms with Crippen molar-refractivity contribution in [3.8, 4) is 5.75 Å². The van der Waals surface area contributed by atoms with Crippen LogP contribution in [0.5, 0.6) is 5.75 Å². The van der Waals surface area contributed by atoms with Gasteiger partial charge < -0.3 is 24.1 Å². The first-order valence-electron chi connectivity index (χ1n) is 7.88. The summed E-state index contributed by atoms with van der Waals surface area (Å²) < 4.78 is 15.6. The Morgan fingerprint density at radius 2 is 2.19 bits per heavy atom. The Balaban J connectivity index is 1.67. The van der Waals surface area contributed by atoms with Crippen molar-refractivity contribution in [2.75, 3.05) is 6.54 Å². The predicted octanol–water partition coefficient (Wildman–Crippen LogP) is 1.17. The van der Waals surface area contributed by atoms with Crippen LogP contribution in [0.4, 0.5) is 0 Å². The Kier molecular flexibility index (Phi) is 4.99. The molecule has 2 N–H and O–H groups in total. The second kappa shape index (κ2) is 7.36. The van der Waals surface area contributed by atoms with E-state index in [0.29, 0.717) is 11.3 Å². The van der Waals surface area contributed by atoms with Gasteiger partial charge >= 0.3 is 17.4 Å². The van der Waals surface area contributed by atoms with E-state index < -0.39 is 17.6 Å². The van der Waals surface area contributed by atoms with Gasteiger partial charge in [-0.2, -0.15) is 4.98 Å². The van der Waals surface area contributed by atoms with Crippen molar-refractivity contribution in [2.45, 2.75) is 26.6 Å². The number of hydrogen-bond acceptors (Lipinski definition) is 8. The molecule has 2 aromatic heterocycles. The number of aliphatic hydroxyl groups is 1. The summed E-state index contributed by atoms with van der Waals surface area (Å²) in [6.07, 6.45) is -0.679. The lowest BCUT2D eigenvalue weighted by molar-refractivity contribution is 0.0880. The van der Waals surface area contributed by atoms with Crippen molar-refractivity contribution >= 4 is 16.9 Å². The molecule has 0 aliphatic heterocycles. The zero-order chi connectivity index (χ0) is 18.7. The Bertz CT molecular complexity index is 992. The Morgan fingerprint density at radius 3 is 2.96 bits per heavy atom. The molecule has 2 heterocycles. The van der Waals surface area contributed by atoms with E-state index >= 15 is 0 Å². The van der Waals surface area contributed by atoms with E-state index in [2.05, 4.69) is 15.5 Å². The zero-order valence-electron chi connectivity index (χ0n) is 14.2. The molecule has 0 saturated carbocycles. The van der Waals surface area contributed by atoms with Crippen molar-refractivity contribution in [3.63, 3.8) is 0 Å². The van der Waals surface area contributed by atoms with Crippen LogP contribution < -0.4 is 15.7 Å². The molecule has 0 bridgehead atoms. The van der Waals surface area contributed by atoms with Crippen LogP contribution in [0, 0.1) is 6.92 Å². The minimum atomic E-state index is -0.679. The molecule has 0 saturated heterocycles. The smallest absolute Gasteiger partial charge is 0.336 e. The van der Waals surface area contributed by atoms with Crippen LogP contribution in [-0.4, -0.2) is 33.8 Å². The number of carbonyl (C=O) groups is 1. The summed E-state index contributed by atoms with van der Waals surface area (Å²) in [5.74, 6) is -0.161. The number of ether oxygens (including phenoxy) is 1. The Morgan fingerprint density at radius 1 is 1.38 bits per heavy atom. The number of benzene rings is 1. The fourth-order valence-electron chi connectivity index (χ4n) is 2.26. The predicted molar refractivity (Wildman–Crippen MR) is 89.9 cm³/mol. The molecule has 1 amide bonds. The van der Waals surface area contributed by atoms with Gasteiger partial charge in [0.25, 0.3) is 0 Å². The van der Waals surface area contributed by atoms with Crippen molar-refractivity contribution in [1.82, 2.24) is 15.5 Å². The van der Waals surface area contributed by atoms with Gasteiger partial charge in [-0.15, -0.1) is 0 Å². The molecule has 0 aliphatic rings. The van der Waals surface area contributed by atoms with E-state index in [1.807, 2.05) is 6.92 Å². The van der Waals surface area contributed by atoms with Crippen LogP contribution in [0.2, 0.25) is 0 Å². The van der Waals surface area contributed by atoms with E-state index in [1.165, 1.54) is 6.07 Å². The molecule has 136 valence electrons. The van der Waals surface area contributed by atoms with Gasteiger partial charge in [0.1, 0.15) is 11.3 Å². The van der Waals surface area contributed by atoms with Gasteiger partial charge in [0.2, 0.25) is 5.82 Å². The van der Waals surface area contributed by atoms with Crippen LogP contribution in [-0.2, 0) is 6.61 Å². The van der Waals surface area contributed by atoms with E-state index in [0.717, 1.165) is 10.9 Å². The highest BCUT2D eigenvalue weighted by Gasteiger charge is 2.15. The highest BCUT2D eigenvalue weighted by Crippen LogP contribution is 2.22. The number of nitrogens with zero attached hydrogens (tertiary/aromatic N) is 2. The molecule has 3 rings (SSSR count). The molecule has 1 aromatic carbocycles.